The van der Waals surface area contributed by atoms with Gasteiger partial charge in [-0.1, -0.05) is 0 Å². The zero-order valence-electron chi connectivity index (χ0n) is 20.1. The molecule has 0 bridgehead atoms. The lowest BCUT2D eigenvalue weighted by Gasteiger charge is -2.14. The van der Waals surface area contributed by atoms with Crippen molar-refractivity contribution in [3.63, 3.8) is 0 Å². The van der Waals surface area contributed by atoms with E-state index in [1.807, 2.05) is 13.8 Å². The highest BCUT2D eigenvalue weighted by Crippen LogP contribution is 2.34. The number of ether oxygens (including phenoxy) is 4. The summed E-state index contributed by atoms with van der Waals surface area (Å²) in [6.45, 7) is 3.72. The summed E-state index contributed by atoms with van der Waals surface area (Å²) < 4.78 is 21.2. The number of anilines is 2. The average molecular weight is 465 g/mol. The molecule has 0 aliphatic carbocycles. The number of hydrogen-bond donors (Lipinski definition) is 2. The highest BCUT2D eigenvalue weighted by Gasteiger charge is 2.15. The van der Waals surface area contributed by atoms with Crippen LogP contribution in [0.15, 0.2) is 48.5 Å². The summed E-state index contributed by atoms with van der Waals surface area (Å²) in [4.78, 5) is 25.5. The van der Waals surface area contributed by atoms with E-state index < -0.39 is 0 Å². The van der Waals surface area contributed by atoms with Gasteiger partial charge in [0.1, 0.15) is 0 Å². The summed E-state index contributed by atoms with van der Waals surface area (Å²) in [5, 5.41) is 5.74. The Bertz CT molecular complexity index is 1110. The molecule has 0 atom stereocenters. The monoisotopic (exact) mass is 464 g/mol. The molecular weight excluding hydrogens is 436 g/mol. The molecule has 8 nitrogen and oxygen atoms in total. The van der Waals surface area contributed by atoms with Gasteiger partial charge in [0.15, 0.2) is 23.0 Å². The Morgan fingerprint density at radius 2 is 0.853 bits per heavy atom. The van der Waals surface area contributed by atoms with E-state index in [1.165, 1.54) is 14.2 Å². The smallest absolute Gasteiger partial charge is 0.255 e. The molecule has 0 aliphatic rings. The SMILES string of the molecule is COc1cc(C)c(NC(=O)c2ccc(C(=O)Nc3cc(OC)c(OC)cc3C)cc2)cc1OC. The van der Waals surface area contributed by atoms with Gasteiger partial charge in [-0.15, -0.1) is 0 Å². The molecule has 0 spiro atoms. The van der Waals surface area contributed by atoms with Crippen LogP contribution >= 0.6 is 0 Å². The number of carbonyl (C=O) groups excluding carboxylic acids is 2. The van der Waals surface area contributed by atoms with Crippen molar-refractivity contribution in [3.05, 3.63) is 70.8 Å². The molecule has 2 amide bonds. The Kier molecular flexibility index (Phi) is 7.63. The molecule has 0 fully saturated rings. The van der Waals surface area contributed by atoms with Crippen LogP contribution in [0.4, 0.5) is 11.4 Å². The van der Waals surface area contributed by atoms with Crippen LogP contribution in [0.2, 0.25) is 0 Å². The molecular formula is C26H28N2O6. The minimum atomic E-state index is -0.307. The number of nitrogens with one attached hydrogen (secondary N) is 2. The fraction of sp³-hybridized carbons (Fsp3) is 0.231. The van der Waals surface area contributed by atoms with Crippen LogP contribution in [-0.2, 0) is 0 Å². The van der Waals surface area contributed by atoms with Gasteiger partial charge < -0.3 is 29.6 Å². The molecule has 0 aliphatic heterocycles. The molecule has 0 saturated carbocycles. The molecule has 0 saturated heterocycles. The van der Waals surface area contributed by atoms with Gasteiger partial charge in [0.2, 0.25) is 0 Å². The molecule has 34 heavy (non-hydrogen) atoms. The topological polar surface area (TPSA) is 95.1 Å². The molecule has 3 aromatic rings. The van der Waals surface area contributed by atoms with E-state index in [1.54, 1.807) is 62.8 Å². The van der Waals surface area contributed by atoms with Gasteiger partial charge in [-0.05, 0) is 61.4 Å². The summed E-state index contributed by atoms with van der Waals surface area (Å²) in [7, 11) is 6.18. The standard InChI is InChI=1S/C26H28N2O6/c1-15-11-21(31-3)23(33-5)13-19(15)27-25(29)17-7-9-18(10-8-17)26(30)28-20-14-24(34-6)22(32-4)12-16(20)2/h7-14H,1-6H3,(H,27,29)(H,28,30). The molecule has 2 N–H and O–H groups in total. The van der Waals surface area contributed by atoms with Crippen LogP contribution in [0, 0.1) is 13.8 Å². The molecule has 0 radical (unpaired) electrons. The Labute approximate surface area is 198 Å². The van der Waals surface area contributed by atoms with Crippen LogP contribution in [0.5, 0.6) is 23.0 Å². The average Bonchev–Trinajstić information content (AvgIpc) is 2.85. The molecule has 8 heteroatoms. The molecule has 3 aromatic carbocycles. The first kappa shape index (κ1) is 24.4. The predicted octanol–water partition coefficient (Wildman–Crippen LogP) is 4.84. The fourth-order valence-electron chi connectivity index (χ4n) is 3.39. The minimum absolute atomic E-state index is 0.307. The van der Waals surface area contributed by atoms with Crippen LogP contribution in [0.25, 0.3) is 0 Å². The normalized spacial score (nSPS) is 10.3. The minimum Gasteiger partial charge on any atom is -0.493 e. The molecule has 3 rings (SSSR count). The quantitative estimate of drug-likeness (QED) is 0.495. The van der Waals surface area contributed by atoms with Crippen LogP contribution in [-0.4, -0.2) is 40.3 Å². The van der Waals surface area contributed by atoms with Crippen LogP contribution < -0.4 is 29.6 Å². The summed E-state index contributed by atoms with van der Waals surface area (Å²) in [5.74, 6) is 1.58. The first-order valence-corrected chi connectivity index (χ1v) is 10.5. The predicted molar refractivity (Wildman–Crippen MR) is 131 cm³/mol. The summed E-state index contributed by atoms with van der Waals surface area (Å²) >= 11 is 0. The van der Waals surface area contributed by atoms with Crippen molar-refractivity contribution in [2.24, 2.45) is 0 Å². The zero-order chi connectivity index (χ0) is 24.8. The first-order chi connectivity index (χ1) is 16.3. The third-order valence-electron chi connectivity index (χ3n) is 5.37. The Hall–Kier alpha value is -4.20. The molecule has 0 heterocycles. The van der Waals surface area contributed by atoms with E-state index in [9.17, 15) is 9.59 Å². The van der Waals surface area contributed by atoms with Gasteiger partial charge in [0.05, 0.1) is 28.4 Å². The first-order valence-electron chi connectivity index (χ1n) is 10.5. The number of amides is 2. The second-order valence-electron chi connectivity index (χ2n) is 7.53. The third kappa shape index (κ3) is 5.23. The van der Waals surface area contributed by atoms with Crippen molar-refractivity contribution < 1.29 is 28.5 Å². The summed E-state index contributed by atoms with van der Waals surface area (Å²) in [6, 6.07) is 13.4. The highest BCUT2D eigenvalue weighted by molar-refractivity contribution is 6.07. The van der Waals surface area contributed by atoms with Gasteiger partial charge in [-0.25, -0.2) is 0 Å². The Balaban J connectivity index is 1.74. The van der Waals surface area contributed by atoms with Crippen molar-refractivity contribution in [2.45, 2.75) is 13.8 Å². The lowest BCUT2D eigenvalue weighted by Crippen LogP contribution is -2.15. The van der Waals surface area contributed by atoms with E-state index >= 15 is 0 Å². The maximum Gasteiger partial charge on any atom is 0.255 e. The van der Waals surface area contributed by atoms with E-state index in [0.717, 1.165) is 11.1 Å². The lowest BCUT2D eigenvalue weighted by atomic mass is 10.1. The number of benzene rings is 3. The van der Waals surface area contributed by atoms with Gasteiger partial charge >= 0.3 is 0 Å². The van der Waals surface area contributed by atoms with E-state index in [2.05, 4.69) is 10.6 Å². The molecule has 178 valence electrons. The molecule has 0 aromatic heterocycles. The van der Waals surface area contributed by atoms with E-state index in [4.69, 9.17) is 18.9 Å². The summed E-state index contributed by atoms with van der Waals surface area (Å²) in [6.07, 6.45) is 0. The van der Waals surface area contributed by atoms with Crippen molar-refractivity contribution >= 4 is 23.2 Å². The van der Waals surface area contributed by atoms with Gasteiger partial charge in [-0.3, -0.25) is 9.59 Å². The zero-order valence-corrected chi connectivity index (χ0v) is 20.1. The van der Waals surface area contributed by atoms with Crippen molar-refractivity contribution in [1.29, 1.82) is 0 Å². The largest absolute Gasteiger partial charge is 0.493 e. The maximum atomic E-state index is 12.8. The highest BCUT2D eigenvalue weighted by atomic mass is 16.5. The van der Waals surface area contributed by atoms with Crippen molar-refractivity contribution in [3.8, 4) is 23.0 Å². The number of aryl methyl sites for hydroxylation is 2. The lowest BCUT2D eigenvalue weighted by molar-refractivity contribution is 0.101. The second-order valence-corrected chi connectivity index (χ2v) is 7.53. The number of carbonyl (C=O) groups is 2. The fourth-order valence-corrected chi connectivity index (χ4v) is 3.39. The van der Waals surface area contributed by atoms with E-state index in [0.29, 0.717) is 45.5 Å². The maximum absolute atomic E-state index is 12.8. The van der Waals surface area contributed by atoms with Crippen LogP contribution in [0.3, 0.4) is 0 Å². The Morgan fingerprint density at radius 3 is 1.15 bits per heavy atom. The Morgan fingerprint density at radius 1 is 0.559 bits per heavy atom. The number of hydrogen-bond acceptors (Lipinski definition) is 6. The van der Waals surface area contributed by atoms with Gasteiger partial charge in [0.25, 0.3) is 11.8 Å². The van der Waals surface area contributed by atoms with Gasteiger partial charge in [-0.2, -0.15) is 0 Å². The van der Waals surface area contributed by atoms with Crippen LogP contribution in [0.1, 0.15) is 31.8 Å². The second kappa shape index (κ2) is 10.6. The number of rotatable bonds is 8. The third-order valence-corrected chi connectivity index (χ3v) is 5.37. The van der Waals surface area contributed by atoms with Crippen molar-refractivity contribution in [2.75, 3.05) is 39.1 Å². The van der Waals surface area contributed by atoms with Gasteiger partial charge in [0, 0.05) is 34.6 Å². The van der Waals surface area contributed by atoms with E-state index in [-0.39, 0.29) is 11.8 Å². The number of methoxy groups -OCH3 is 4. The summed E-state index contributed by atoms with van der Waals surface area (Å²) in [5.41, 5.74) is 3.68. The molecule has 0 unspecified atom stereocenters. The van der Waals surface area contributed by atoms with Crippen molar-refractivity contribution in [1.82, 2.24) is 0 Å².